The van der Waals surface area contributed by atoms with Gasteiger partial charge in [0, 0.05) is 43.5 Å². The van der Waals surface area contributed by atoms with Crippen LogP contribution in [0, 0.1) is 0 Å². The maximum Gasteiger partial charge on any atom is 0.238 e. The number of carbonyl (C=O) groups excluding carboxylic acids is 1. The molecule has 1 aliphatic heterocycles. The van der Waals surface area contributed by atoms with Gasteiger partial charge in [0.05, 0.1) is 18.3 Å². The number of anilines is 1. The summed E-state index contributed by atoms with van der Waals surface area (Å²) in [5, 5.41) is 6.34. The van der Waals surface area contributed by atoms with Crippen LogP contribution in [0.15, 0.2) is 41.1 Å². The van der Waals surface area contributed by atoms with E-state index in [4.69, 9.17) is 0 Å². The Morgan fingerprint density at radius 3 is 3.04 bits per heavy atom. The monoisotopic (exact) mass is 377 g/mol. The molecule has 0 aliphatic carbocycles. The van der Waals surface area contributed by atoms with Crippen molar-refractivity contribution in [3.63, 3.8) is 0 Å². The largest absolute Gasteiger partial charge is 0.337 e. The van der Waals surface area contributed by atoms with Gasteiger partial charge in [-0.25, -0.2) is 4.98 Å². The molecule has 1 aromatic carbocycles. The van der Waals surface area contributed by atoms with Crippen LogP contribution in [-0.2, 0) is 11.8 Å². The first-order chi connectivity index (χ1) is 11.1. The molecule has 122 valence electrons. The molecule has 1 atom stereocenters. The van der Waals surface area contributed by atoms with E-state index in [2.05, 4.69) is 36.4 Å². The Morgan fingerprint density at radius 1 is 1.48 bits per heavy atom. The minimum Gasteiger partial charge on any atom is -0.337 e. The molecule has 3 rings (SSSR count). The van der Waals surface area contributed by atoms with Crippen LogP contribution in [0.3, 0.4) is 0 Å². The number of amides is 1. The maximum atomic E-state index is 12.4. The van der Waals surface area contributed by atoms with E-state index >= 15 is 0 Å². The molecule has 23 heavy (non-hydrogen) atoms. The third-order valence-corrected chi connectivity index (χ3v) is 4.70. The number of hydrogen-bond acceptors (Lipinski definition) is 4. The molecular weight excluding hydrogens is 358 g/mol. The summed E-state index contributed by atoms with van der Waals surface area (Å²) < 4.78 is 2.89. The Balaban J connectivity index is 1.68. The van der Waals surface area contributed by atoms with Crippen molar-refractivity contribution < 1.29 is 4.79 Å². The van der Waals surface area contributed by atoms with Gasteiger partial charge in [-0.3, -0.25) is 9.69 Å². The van der Waals surface area contributed by atoms with Crippen LogP contribution >= 0.6 is 15.9 Å². The van der Waals surface area contributed by atoms with Crippen molar-refractivity contribution in [1.82, 2.24) is 19.8 Å². The zero-order chi connectivity index (χ0) is 16.2. The van der Waals surface area contributed by atoms with Gasteiger partial charge in [0.15, 0.2) is 0 Å². The number of rotatable bonds is 4. The SMILES string of the molecule is Cn1ccnc1C1CNCCN1CC(=O)Nc1ccccc1Br. The molecule has 1 aromatic heterocycles. The summed E-state index contributed by atoms with van der Waals surface area (Å²) in [6, 6.07) is 7.73. The van der Waals surface area contributed by atoms with Gasteiger partial charge in [-0.2, -0.15) is 0 Å². The van der Waals surface area contributed by atoms with Crippen LogP contribution in [0.25, 0.3) is 0 Å². The highest BCUT2D eigenvalue weighted by molar-refractivity contribution is 9.10. The smallest absolute Gasteiger partial charge is 0.238 e. The Bertz CT molecular complexity index is 687. The average molecular weight is 378 g/mol. The molecule has 1 amide bonds. The van der Waals surface area contributed by atoms with Crippen molar-refractivity contribution in [3.05, 3.63) is 47.0 Å². The fraction of sp³-hybridized carbons (Fsp3) is 0.375. The Kier molecular flexibility index (Phi) is 5.09. The first-order valence-electron chi connectivity index (χ1n) is 7.61. The number of aromatic nitrogens is 2. The highest BCUT2D eigenvalue weighted by Crippen LogP contribution is 2.23. The van der Waals surface area contributed by atoms with Gasteiger partial charge in [0.1, 0.15) is 5.82 Å². The van der Waals surface area contributed by atoms with E-state index in [0.29, 0.717) is 6.54 Å². The second-order valence-corrected chi connectivity index (χ2v) is 6.47. The van der Waals surface area contributed by atoms with E-state index in [-0.39, 0.29) is 11.9 Å². The topological polar surface area (TPSA) is 62.2 Å². The van der Waals surface area contributed by atoms with Gasteiger partial charge in [0.2, 0.25) is 5.91 Å². The molecule has 0 saturated carbocycles. The number of hydrogen-bond donors (Lipinski definition) is 2. The zero-order valence-corrected chi connectivity index (χ0v) is 14.6. The minimum absolute atomic E-state index is 0.0157. The van der Waals surface area contributed by atoms with Gasteiger partial charge in [0.25, 0.3) is 0 Å². The lowest BCUT2D eigenvalue weighted by atomic mass is 10.1. The van der Waals surface area contributed by atoms with Gasteiger partial charge in [-0.15, -0.1) is 0 Å². The number of para-hydroxylation sites is 1. The summed E-state index contributed by atoms with van der Waals surface area (Å²) in [6.07, 6.45) is 3.73. The van der Waals surface area contributed by atoms with Crippen molar-refractivity contribution in [3.8, 4) is 0 Å². The molecule has 2 heterocycles. The molecule has 7 heteroatoms. The summed E-state index contributed by atoms with van der Waals surface area (Å²) in [7, 11) is 1.98. The number of benzene rings is 1. The third-order valence-electron chi connectivity index (χ3n) is 4.01. The lowest BCUT2D eigenvalue weighted by molar-refractivity contribution is -0.118. The van der Waals surface area contributed by atoms with Gasteiger partial charge < -0.3 is 15.2 Å². The Morgan fingerprint density at radius 2 is 2.30 bits per heavy atom. The number of carbonyl (C=O) groups is 1. The average Bonchev–Trinajstić information content (AvgIpc) is 2.96. The third kappa shape index (κ3) is 3.80. The molecule has 1 fully saturated rings. The summed E-state index contributed by atoms with van der Waals surface area (Å²) in [5.41, 5.74) is 0.793. The van der Waals surface area contributed by atoms with Crippen LogP contribution in [0.1, 0.15) is 11.9 Å². The first kappa shape index (κ1) is 16.2. The predicted molar refractivity (Wildman–Crippen MR) is 93.2 cm³/mol. The molecule has 1 saturated heterocycles. The van der Waals surface area contributed by atoms with E-state index < -0.39 is 0 Å². The van der Waals surface area contributed by atoms with Crippen molar-refractivity contribution >= 4 is 27.5 Å². The van der Waals surface area contributed by atoms with E-state index in [1.54, 1.807) is 6.20 Å². The number of nitrogens with one attached hydrogen (secondary N) is 2. The van der Waals surface area contributed by atoms with E-state index in [0.717, 1.165) is 35.6 Å². The molecule has 0 spiro atoms. The summed E-state index contributed by atoms with van der Waals surface area (Å²) in [6.45, 7) is 2.85. The second-order valence-electron chi connectivity index (χ2n) is 5.61. The fourth-order valence-electron chi connectivity index (χ4n) is 2.83. The van der Waals surface area contributed by atoms with Crippen molar-refractivity contribution in [1.29, 1.82) is 0 Å². The molecule has 1 aliphatic rings. The van der Waals surface area contributed by atoms with Crippen LogP contribution < -0.4 is 10.6 Å². The number of aryl methyl sites for hydroxylation is 1. The maximum absolute atomic E-state index is 12.4. The first-order valence-corrected chi connectivity index (χ1v) is 8.41. The molecular formula is C16H20BrN5O. The Labute approximate surface area is 144 Å². The minimum atomic E-state index is -0.0157. The van der Waals surface area contributed by atoms with Crippen LogP contribution in [0.4, 0.5) is 5.69 Å². The van der Waals surface area contributed by atoms with Crippen LogP contribution in [0.5, 0.6) is 0 Å². The number of imidazole rings is 1. The molecule has 2 aromatic rings. The predicted octanol–water partition coefficient (Wildman–Crippen LogP) is 1.77. The van der Waals surface area contributed by atoms with E-state index in [1.807, 2.05) is 42.1 Å². The number of piperazine rings is 1. The van der Waals surface area contributed by atoms with Gasteiger partial charge in [-0.1, -0.05) is 12.1 Å². The van der Waals surface area contributed by atoms with Crippen molar-refractivity contribution in [2.24, 2.45) is 7.05 Å². The van der Waals surface area contributed by atoms with Crippen LogP contribution in [-0.4, -0.2) is 46.5 Å². The molecule has 1 unspecified atom stereocenters. The molecule has 6 nitrogen and oxygen atoms in total. The molecule has 0 radical (unpaired) electrons. The summed E-state index contributed by atoms with van der Waals surface area (Å²) >= 11 is 3.45. The summed E-state index contributed by atoms with van der Waals surface area (Å²) in [4.78, 5) is 19.0. The lowest BCUT2D eigenvalue weighted by Crippen LogP contribution is -2.49. The standard InChI is InChI=1S/C16H20BrN5O/c1-21-8-7-19-16(21)14-10-18-6-9-22(14)11-15(23)20-13-5-3-2-4-12(13)17/h2-5,7-8,14,18H,6,9-11H2,1H3,(H,20,23). The second kappa shape index (κ2) is 7.25. The molecule has 0 bridgehead atoms. The Hall–Kier alpha value is -1.70. The summed E-state index contributed by atoms with van der Waals surface area (Å²) in [5.74, 6) is 0.962. The highest BCUT2D eigenvalue weighted by Gasteiger charge is 2.28. The number of halogens is 1. The quantitative estimate of drug-likeness (QED) is 0.852. The zero-order valence-electron chi connectivity index (χ0n) is 13.0. The normalized spacial score (nSPS) is 18.8. The van der Waals surface area contributed by atoms with E-state index in [1.165, 1.54) is 0 Å². The molecule has 2 N–H and O–H groups in total. The van der Waals surface area contributed by atoms with Crippen LogP contribution in [0.2, 0.25) is 0 Å². The lowest BCUT2D eigenvalue weighted by Gasteiger charge is -2.35. The fourth-order valence-corrected chi connectivity index (χ4v) is 3.21. The van der Waals surface area contributed by atoms with E-state index in [9.17, 15) is 4.79 Å². The van der Waals surface area contributed by atoms with Crippen molar-refractivity contribution in [2.45, 2.75) is 6.04 Å². The van der Waals surface area contributed by atoms with Gasteiger partial charge >= 0.3 is 0 Å². The highest BCUT2D eigenvalue weighted by atomic mass is 79.9. The number of nitrogens with zero attached hydrogens (tertiary/aromatic N) is 3. The van der Waals surface area contributed by atoms with Crippen molar-refractivity contribution in [2.75, 3.05) is 31.5 Å². The van der Waals surface area contributed by atoms with Gasteiger partial charge in [-0.05, 0) is 28.1 Å².